The smallest absolute Gasteiger partial charge is 0.119 e. The highest BCUT2D eigenvalue weighted by molar-refractivity contribution is 5.28. The van der Waals surface area contributed by atoms with Gasteiger partial charge in [-0.1, -0.05) is 19.1 Å². The normalized spacial score (nSPS) is 20.1. The van der Waals surface area contributed by atoms with Crippen molar-refractivity contribution in [3.05, 3.63) is 29.8 Å². The summed E-state index contributed by atoms with van der Waals surface area (Å²) >= 11 is 0. The fourth-order valence-corrected chi connectivity index (χ4v) is 2.81. The summed E-state index contributed by atoms with van der Waals surface area (Å²) in [6.07, 6.45) is 2.56. The van der Waals surface area contributed by atoms with E-state index < -0.39 is 0 Å². The Morgan fingerprint density at radius 2 is 2.11 bits per heavy atom. The van der Waals surface area contributed by atoms with Crippen molar-refractivity contribution in [1.82, 2.24) is 4.90 Å². The van der Waals surface area contributed by atoms with Crippen molar-refractivity contribution in [2.75, 3.05) is 20.7 Å². The molecule has 1 atom stereocenters. The highest BCUT2D eigenvalue weighted by Crippen LogP contribution is 2.55. The van der Waals surface area contributed by atoms with Crippen LogP contribution >= 0.6 is 0 Å². The van der Waals surface area contributed by atoms with Gasteiger partial charge in [0.15, 0.2) is 0 Å². The molecule has 0 aliphatic heterocycles. The maximum Gasteiger partial charge on any atom is 0.119 e. The molecule has 3 heteroatoms. The number of nitrogens with two attached hydrogens (primary N) is 1. The van der Waals surface area contributed by atoms with Gasteiger partial charge in [0, 0.05) is 18.6 Å². The van der Waals surface area contributed by atoms with Crippen LogP contribution in [0.1, 0.15) is 32.3 Å². The molecule has 1 aromatic rings. The lowest BCUT2D eigenvalue weighted by Crippen LogP contribution is -2.55. The maximum atomic E-state index is 6.08. The minimum absolute atomic E-state index is 0.0656. The molecule has 1 aliphatic carbocycles. The fraction of sp³-hybridized carbons (Fsp3) is 0.625. The second kappa shape index (κ2) is 5.14. The molecule has 0 aromatic heterocycles. The zero-order valence-electron chi connectivity index (χ0n) is 12.6. The molecule has 0 heterocycles. The van der Waals surface area contributed by atoms with E-state index in [-0.39, 0.29) is 5.54 Å². The van der Waals surface area contributed by atoms with Gasteiger partial charge in [0.2, 0.25) is 0 Å². The number of rotatable bonds is 6. The van der Waals surface area contributed by atoms with E-state index in [9.17, 15) is 0 Å². The molecule has 1 aromatic carbocycles. The molecule has 1 aliphatic rings. The highest BCUT2D eigenvalue weighted by atomic mass is 16.5. The van der Waals surface area contributed by atoms with Crippen LogP contribution < -0.4 is 10.5 Å². The first kappa shape index (κ1) is 14.4. The summed E-state index contributed by atoms with van der Waals surface area (Å²) in [7, 11) is 3.88. The van der Waals surface area contributed by atoms with Crippen molar-refractivity contribution in [2.45, 2.75) is 38.8 Å². The van der Waals surface area contributed by atoms with Crippen LogP contribution in [0.5, 0.6) is 5.75 Å². The molecule has 0 saturated heterocycles. The van der Waals surface area contributed by atoms with Gasteiger partial charge >= 0.3 is 0 Å². The summed E-state index contributed by atoms with van der Waals surface area (Å²) < 4.78 is 5.28. The number of hydrogen-bond donors (Lipinski definition) is 1. The summed E-state index contributed by atoms with van der Waals surface area (Å²) in [6, 6.07) is 8.27. The molecule has 19 heavy (non-hydrogen) atoms. The first-order valence-electron chi connectivity index (χ1n) is 6.99. The quantitative estimate of drug-likeness (QED) is 0.856. The lowest BCUT2D eigenvalue weighted by Gasteiger charge is -2.43. The van der Waals surface area contributed by atoms with Gasteiger partial charge in [-0.2, -0.15) is 0 Å². The van der Waals surface area contributed by atoms with Crippen LogP contribution in [0.25, 0.3) is 0 Å². The van der Waals surface area contributed by atoms with Crippen LogP contribution in [0.2, 0.25) is 0 Å². The van der Waals surface area contributed by atoms with Gasteiger partial charge in [0.05, 0.1) is 7.11 Å². The predicted octanol–water partition coefficient (Wildman–Crippen LogP) is 2.64. The van der Waals surface area contributed by atoms with Crippen molar-refractivity contribution in [3.63, 3.8) is 0 Å². The Morgan fingerprint density at radius 1 is 1.42 bits per heavy atom. The SMILES string of the molecule is COc1cccc(CN(C)C(C)(CN)C2(C)CC2)c1. The Balaban J connectivity index is 2.13. The Labute approximate surface area is 116 Å². The molecular weight excluding hydrogens is 236 g/mol. The van der Waals surface area contributed by atoms with E-state index in [0.717, 1.165) is 12.3 Å². The van der Waals surface area contributed by atoms with Crippen molar-refractivity contribution in [2.24, 2.45) is 11.1 Å². The molecule has 2 N–H and O–H groups in total. The molecule has 0 spiro atoms. The average Bonchev–Trinajstić information content (AvgIpc) is 3.17. The highest BCUT2D eigenvalue weighted by Gasteiger charge is 2.54. The van der Waals surface area contributed by atoms with Crippen molar-refractivity contribution in [3.8, 4) is 5.75 Å². The van der Waals surface area contributed by atoms with Gasteiger partial charge in [-0.15, -0.1) is 0 Å². The van der Waals surface area contributed by atoms with E-state index in [1.807, 2.05) is 12.1 Å². The Kier molecular flexibility index (Phi) is 3.88. The second-order valence-corrected chi connectivity index (χ2v) is 6.25. The van der Waals surface area contributed by atoms with Crippen molar-refractivity contribution < 1.29 is 4.74 Å². The van der Waals surface area contributed by atoms with Gasteiger partial charge in [-0.25, -0.2) is 0 Å². The van der Waals surface area contributed by atoms with E-state index in [4.69, 9.17) is 10.5 Å². The third-order valence-electron chi connectivity index (χ3n) is 5.09. The Hall–Kier alpha value is -1.06. The summed E-state index contributed by atoms with van der Waals surface area (Å²) in [5.41, 5.74) is 7.78. The molecule has 0 bridgehead atoms. The lowest BCUT2D eigenvalue weighted by atomic mass is 9.82. The second-order valence-electron chi connectivity index (χ2n) is 6.25. The van der Waals surface area contributed by atoms with Crippen LogP contribution in [0.4, 0.5) is 0 Å². The van der Waals surface area contributed by atoms with E-state index in [0.29, 0.717) is 12.0 Å². The van der Waals surface area contributed by atoms with Crippen LogP contribution in [0, 0.1) is 5.41 Å². The van der Waals surface area contributed by atoms with E-state index in [2.05, 4.69) is 37.9 Å². The largest absolute Gasteiger partial charge is 0.497 e. The van der Waals surface area contributed by atoms with Gasteiger partial charge in [-0.3, -0.25) is 4.90 Å². The number of benzene rings is 1. The minimum atomic E-state index is 0.0656. The zero-order chi connectivity index (χ0) is 14.1. The number of ether oxygens (including phenoxy) is 1. The summed E-state index contributed by atoms with van der Waals surface area (Å²) in [5.74, 6) is 0.915. The lowest BCUT2D eigenvalue weighted by molar-refractivity contribution is 0.0659. The zero-order valence-corrected chi connectivity index (χ0v) is 12.6. The van der Waals surface area contributed by atoms with E-state index in [1.165, 1.54) is 18.4 Å². The van der Waals surface area contributed by atoms with Crippen LogP contribution in [-0.4, -0.2) is 31.1 Å². The molecule has 1 unspecified atom stereocenters. The van der Waals surface area contributed by atoms with Crippen molar-refractivity contribution in [1.29, 1.82) is 0 Å². The topological polar surface area (TPSA) is 38.5 Å². The van der Waals surface area contributed by atoms with Crippen LogP contribution in [0.15, 0.2) is 24.3 Å². The molecule has 0 amide bonds. The third-order valence-corrected chi connectivity index (χ3v) is 5.09. The number of likely N-dealkylation sites (N-methyl/N-ethyl adjacent to an activating group) is 1. The average molecular weight is 262 g/mol. The van der Waals surface area contributed by atoms with Gasteiger partial charge in [0.25, 0.3) is 0 Å². The number of hydrogen-bond acceptors (Lipinski definition) is 3. The molecular formula is C16H26N2O. The summed E-state index contributed by atoms with van der Waals surface area (Å²) in [6.45, 7) is 6.24. The molecule has 1 fully saturated rings. The monoisotopic (exact) mass is 262 g/mol. The van der Waals surface area contributed by atoms with Gasteiger partial charge < -0.3 is 10.5 Å². The Morgan fingerprint density at radius 3 is 2.63 bits per heavy atom. The van der Waals surface area contributed by atoms with E-state index >= 15 is 0 Å². The molecule has 3 nitrogen and oxygen atoms in total. The van der Waals surface area contributed by atoms with Gasteiger partial charge in [0.1, 0.15) is 5.75 Å². The Bertz CT molecular complexity index is 442. The molecule has 106 valence electrons. The van der Waals surface area contributed by atoms with Crippen LogP contribution in [-0.2, 0) is 6.54 Å². The first-order chi connectivity index (χ1) is 8.95. The fourth-order valence-electron chi connectivity index (χ4n) is 2.81. The number of nitrogens with zero attached hydrogens (tertiary/aromatic N) is 1. The summed E-state index contributed by atoms with van der Waals surface area (Å²) in [4.78, 5) is 2.40. The third kappa shape index (κ3) is 2.63. The summed E-state index contributed by atoms with van der Waals surface area (Å²) in [5, 5.41) is 0. The number of methoxy groups -OCH3 is 1. The minimum Gasteiger partial charge on any atom is -0.497 e. The molecule has 2 rings (SSSR count). The maximum absolute atomic E-state index is 6.08. The first-order valence-corrected chi connectivity index (χ1v) is 6.99. The molecule has 1 saturated carbocycles. The van der Waals surface area contributed by atoms with Gasteiger partial charge in [-0.05, 0) is 49.9 Å². The van der Waals surface area contributed by atoms with Crippen LogP contribution in [0.3, 0.4) is 0 Å². The van der Waals surface area contributed by atoms with E-state index in [1.54, 1.807) is 7.11 Å². The predicted molar refractivity (Wildman–Crippen MR) is 79.3 cm³/mol. The van der Waals surface area contributed by atoms with Crippen molar-refractivity contribution >= 4 is 0 Å². The standard InChI is InChI=1S/C16H26N2O/c1-15(8-9-15)16(2,12-17)18(3)11-13-6-5-7-14(10-13)19-4/h5-7,10H,8-9,11-12,17H2,1-4H3. The molecule has 0 radical (unpaired) electrons.